The fourth-order valence-corrected chi connectivity index (χ4v) is 2.62. The molecule has 6 nitrogen and oxygen atoms in total. The van der Waals surface area contributed by atoms with Gasteiger partial charge < -0.3 is 9.84 Å². The molecule has 0 amide bonds. The summed E-state index contributed by atoms with van der Waals surface area (Å²) in [6.07, 6.45) is 1.94. The van der Waals surface area contributed by atoms with Crippen LogP contribution in [0.3, 0.4) is 0 Å². The van der Waals surface area contributed by atoms with E-state index in [-0.39, 0.29) is 18.3 Å². The minimum Gasteiger partial charge on any atom is -0.493 e. The zero-order valence-electron chi connectivity index (χ0n) is 13.1. The van der Waals surface area contributed by atoms with Gasteiger partial charge in [-0.25, -0.2) is 4.98 Å². The molecule has 0 radical (unpaired) electrons. The Bertz CT molecular complexity index is 875. The van der Waals surface area contributed by atoms with Gasteiger partial charge in [0.25, 0.3) is 0 Å². The first kappa shape index (κ1) is 16.3. The van der Waals surface area contributed by atoms with Crippen LogP contribution in [-0.4, -0.2) is 32.3 Å². The van der Waals surface area contributed by atoms with Gasteiger partial charge in [0.2, 0.25) is 5.88 Å². The number of rotatable bonds is 5. The normalized spacial score (nSPS) is 10.9. The molecular formula is C17H16ClN3O3. The molecule has 0 aliphatic heterocycles. The average Bonchev–Trinajstić information content (AvgIpc) is 3.02. The Kier molecular flexibility index (Phi) is 4.66. The molecule has 1 N–H and O–H groups in total. The maximum absolute atomic E-state index is 11.9. The Morgan fingerprint density at radius 3 is 2.75 bits per heavy atom. The van der Waals surface area contributed by atoms with Crippen LogP contribution in [0, 0.1) is 0 Å². The van der Waals surface area contributed by atoms with Crippen molar-refractivity contribution in [3.63, 3.8) is 0 Å². The Labute approximate surface area is 143 Å². The van der Waals surface area contributed by atoms with E-state index in [1.807, 2.05) is 12.1 Å². The minimum atomic E-state index is -0.384. The lowest BCUT2D eigenvalue weighted by atomic mass is 10.0. The summed E-state index contributed by atoms with van der Waals surface area (Å²) >= 11 is 5.91. The van der Waals surface area contributed by atoms with E-state index in [2.05, 4.69) is 10.1 Å². The highest BCUT2D eigenvalue weighted by Crippen LogP contribution is 2.25. The number of halogens is 1. The SMILES string of the molecule is CCOC(=O)Cc1nc2ccnn2c(O)c1Cc1ccc(Cl)cc1. The van der Waals surface area contributed by atoms with E-state index in [0.29, 0.717) is 35.0 Å². The molecule has 3 rings (SSSR count). The summed E-state index contributed by atoms with van der Waals surface area (Å²) in [6.45, 7) is 2.05. The minimum absolute atomic E-state index is 0.00793. The summed E-state index contributed by atoms with van der Waals surface area (Å²) in [4.78, 5) is 16.3. The summed E-state index contributed by atoms with van der Waals surface area (Å²) in [7, 11) is 0. The zero-order chi connectivity index (χ0) is 17.1. The zero-order valence-corrected chi connectivity index (χ0v) is 13.8. The van der Waals surface area contributed by atoms with Crippen LogP contribution in [0.2, 0.25) is 5.02 Å². The van der Waals surface area contributed by atoms with Gasteiger partial charge in [-0.2, -0.15) is 9.61 Å². The highest BCUT2D eigenvalue weighted by Gasteiger charge is 2.18. The van der Waals surface area contributed by atoms with Crippen molar-refractivity contribution in [2.45, 2.75) is 19.8 Å². The lowest BCUT2D eigenvalue weighted by Crippen LogP contribution is -2.13. The van der Waals surface area contributed by atoms with E-state index in [4.69, 9.17) is 16.3 Å². The molecule has 0 bridgehead atoms. The van der Waals surface area contributed by atoms with E-state index >= 15 is 0 Å². The molecule has 0 spiro atoms. The predicted molar refractivity (Wildman–Crippen MR) is 89.2 cm³/mol. The van der Waals surface area contributed by atoms with Crippen molar-refractivity contribution in [1.29, 1.82) is 0 Å². The standard InChI is InChI=1S/C17H16ClN3O3/c1-2-24-16(22)10-14-13(9-11-3-5-12(18)6-4-11)17(23)21-15(20-14)7-8-19-21/h3-8,23H,2,9-10H2,1H3. The first-order valence-electron chi connectivity index (χ1n) is 7.53. The van der Waals surface area contributed by atoms with Crippen LogP contribution in [-0.2, 0) is 22.4 Å². The lowest BCUT2D eigenvalue weighted by Gasteiger charge is -2.12. The van der Waals surface area contributed by atoms with Crippen LogP contribution in [0.15, 0.2) is 36.5 Å². The number of nitrogens with zero attached hydrogens (tertiary/aromatic N) is 3. The van der Waals surface area contributed by atoms with Crippen molar-refractivity contribution in [3.05, 3.63) is 58.4 Å². The van der Waals surface area contributed by atoms with Gasteiger partial charge >= 0.3 is 5.97 Å². The van der Waals surface area contributed by atoms with Crippen LogP contribution in [0.1, 0.15) is 23.7 Å². The molecule has 0 fully saturated rings. The number of benzene rings is 1. The van der Waals surface area contributed by atoms with E-state index in [1.54, 1.807) is 31.3 Å². The number of hydrogen-bond donors (Lipinski definition) is 1. The number of aromatic hydroxyl groups is 1. The van der Waals surface area contributed by atoms with Crippen LogP contribution in [0.25, 0.3) is 5.65 Å². The van der Waals surface area contributed by atoms with E-state index in [1.165, 1.54) is 4.52 Å². The maximum atomic E-state index is 11.9. The van der Waals surface area contributed by atoms with Crippen molar-refractivity contribution in [1.82, 2.24) is 14.6 Å². The summed E-state index contributed by atoms with van der Waals surface area (Å²) in [5.74, 6) is -0.412. The highest BCUT2D eigenvalue weighted by atomic mass is 35.5. The summed E-state index contributed by atoms with van der Waals surface area (Å²) < 4.78 is 6.35. The van der Waals surface area contributed by atoms with E-state index in [9.17, 15) is 9.90 Å². The number of ether oxygens (including phenoxy) is 1. The highest BCUT2D eigenvalue weighted by molar-refractivity contribution is 6.30. The molecular weight excluding hydrogens is 330 g/mol. The smallest absolute Gasteiger partial charge is 0.311 e. The molecule has 124 valence electrons. The van der Waals surface area contributed by atoms with Crippen LogP contribution >= 0.6 is 11.6 Å². The first-order valence-corrected chi connectivity index (χ1v) is 7.90. The van der Waals surface area contributed by atoms with Gasteiger partial charge in [0, 0.05) is 23.1 Å². The third-order valence-electron chi connectivity index (χ3n) is 3.60. The van der Waals surface area contributed by atoms with Crippen LogP contribution < -0.4 is 0 Å². The van der Waals surface area contributed by atoms with Gasteiger partial charge in [0.15, 0.2) is 5.65 Å². The number of esters is 1. The van der Waals surface area contributed by atoms with Gasteiger partial charge in [-0.05, 0) is 24.6 Å². The van der Waals surface area contributed by atoms with Gasteiger partial charge in [0.1, 0.15) is 0 Å². The fourth-order valence-electron chi connectivity index (χ4n) is 2.49. The molecule has 0 unspecified atom stereocenters. The largest absolute Gasteiger partial charge is 0.493 e. The number of carbonyl (C=O) groups is 1. The molecule has 0 saturated heterocycles. The molecule has 3 aromatic rings. The first-order chi connectivity index (χ1) is 11.6. The number of fused-ring (bicyclic) bond motifs is 1. The van der Waals surface area contributed by atoms with Crippen molar-refractivity contribution in [3.8, 4) is 5.88 Å². The monoisotopic (exact) mass is 345 g/mol. The van der Waals surface area contributed by atoms with Crippen molar-refractivity contribution in [2.24, 2.45) is 0 Å². The molecule has 2 aromatic heterocycles. The molecule has 24 heavy (non-hydrogen) atoms. The number of hydrogen-bond acceptors (Lipinski definition) is 5. The van der Waals surface area contributed by atoms with Crippen LogP contribution in [0.4, 0.5) is 0 Å². The van der Waals surface area contributed by atoms with Gasteiger partial charge in [0.05, 0.1) is 24.9 Å². The average molecular weight is 346 g/mol. The summed E-state index contributed by atoms with van der Waals surface area (Å²) in [6, 6.07) is 8.95. The second-order valence-corrected chi connectivity index (χ2v) is 5.68. The van der Waals surface area contributed by atoms with Crippen molar-refractivity contribution in [2.75, 3.05) is 6.61 Å². The molecule has 0 aliphatic carbocycles. The van der Waals surface area contributed by atoms with Crippen molar-refractivity contribution >= 4 is 23.2 Å². The quantitative estimate of drug-likeness (QED) is 0.719. The van der Waals surface area contributed by atoms with Crippen molar-refractivity contribution < 1.29 is 14.6 Å². The molecule has 7 heteroatoms. The topological polar surface area (TPSA) is 76.7 Å². The second kappa shape index (κ2) is 6.88. The van der Waals surface area contributed by atoms with Crippen LogP contribution in [0.5, 0.6) is 5.88 Å². The Morgan fingerprint density at radius 2 is 2.04 bits per heavy atom. The Morgan fingerprint density at radius 1 is 1.29 bits per heavy atom. The van der Waals surface area contributed by atoms with Gasteiger partial charge in [-0.3, -0.25) is 4.79 Å². The molecule has 0 saturated carbocycles. The number of carbonyl (C=O) groups excluding carboxylic acids is 1. The Hall–Kier alpha value is -2.60. The second-order valence-electron chi connectivity index (χ2n) is 5.25. The molecule has 1 aromatic carbocycles. The Balaban J connectivity index is 2.03. The summed E-state index contributed by atoms with van der Waals surface area (Å²) in [5.41, 5.74) is 2.44. The molecule has 0 aliphatic rings. The fraction of sp³-hybridized carbons (Fsp3) is 0.235. The van der Waals surface area contributed by atoms with Gasteiger partial charge in [-0.15, -0.1) is 0 Å². The lowest BCUT2D eigenvalue weighted by molar-refractivity contribution is -0.142. The molecule has 0 atom stereocenters. The summed E-state index contributed by atoms with van der Waals surface area (Å²) in [5, 5.41) is 15.3. The third-order valence-corrected chi connectivity index (χ3v) is 3.85. The maximum Gasteiger partial charge on any atom is 0.311 e. The van der Waals surface area contributed by atoms with Gasteiger partial charge in [-0.1, -0.05) is 23.7 Å². The van der Waals surface area contributed by atoms with E-state index in [0.717, 1.165) is 5.56 Å². The predicted octanol–water partition coefficient (Wildman–Crippen LogP) is 2.78. The molecule has 2 heterocycles. The van der Waals surface area contributed by atoms with E-state index < -0.39 is 0 Å². The number of aromatic nitrogens is 3. The third kappa shape index (κ3) is 3.33.